The van der Waals surface area contributed by atoms with Gasteiger partial charge in [0.05, 0.1) is 24.3 Å². The second-order valence-corrected chi connectivity index (χ2v) is 9.53. The Labute approximate surface area is 215 Å². The normalized spacial score (nSPS) is 16.0. The largest absolute Gasteiger partial charge is 0.378 e. The van der Waals surface area contributed by atoms with Gasteiger partial charge in [-0.25, -0.2) is 4.79 Å². The van der Waals surface area contributed by atoms with Crippen LogP contribution in [0.1, 0.15) is 27.2 Å². The Morgan fingerprint density at radius 1 is 1.00 bits per heavy atom. The van der Waals surface area contributed by atoms with Gasteiger partial charge in [0.2, 0.25) is 0 Å². The average Bonchev–Trinajstić information content (AvgIpc) is 2.91. The van der Waals surface area contributed by atoms with Crippen LogP contribution in [0, 0.1) is 0 Å². The summed E-state index contributed by atoms with van der Waals surface area (Å²) in [5, 5.41) is 7.37. The molecule has 8 nitrogen and oxygen atoms in total. The van der Waals surface area contributed by atoms with Crippen molar-refractivity contribution in [2.75, 3.05) is 45.9 Å². The SMILES string of the molecule is O=C(NCCN1CCc2nc3ccccc3c(C(=O)N3CCOCC3)c2C1)NCc1ccc(Cl)cc1. The van der Waals surface area contributed by atoms with E-state index in [1.165, 1.54) is 0 Å². The summed E-state index contributed by atoms with van der Waals surface area (Å²) in [6, 6.07) is 15.1. The molecular weight excluding hydrogens is 478 g/mol. The zero-order chi connectivity index (χ0) is 24.9. The number of para-hydroxylation sites is 1. The standard InChI is InChI=1S/C27H30ClN5O3/c28-20-7-5-19(6-8-20)17-30-27(35)29-10-12-32-11-9-24-22(18-32)25(21-3-1-2-4-23(21)31-24)26(34)33-13-15-36-16-14-33/h1-8H,9-18H2,(H2,29,30,35). The van der Waals surface area contributed by atoms with Crippen molar-refractivity contribution in [3.05, 3.63) is 75.9 Å². The van der Waals surface area contributed by atoms with Crippen LogP contribution in [0.3, 0.4) is 0 Å². The molecule has 3 aromatic rings. The number of carbonyl (C=O) groups excluding carboxylic acids is 2. The van der Waals surface area contributed by atoms with Gasteiger partial charge in [-0.15, -0.1) is 0 Å². The monoisotopic (exact) mass is 507 g/mol. The van der Waals surface area contributed by atoms with Crippen LogP contribution in [0.5, 0.6) is 0 Å². The smallest absolute Gasteiger partial charge is 0.315 e. The van der Waals surface area contributed by atoms with Crippen LogP contribution in [-0.4, -0.2) is 72.7 Å². The zero-order valence-electron chi connectivity index (χ0n) is 20.1. The van der Waals surface area contributed by atoms with E-state index in [2.05, 4.69) is 15.5 Å². The summed E-state index contributed by atoms with van der Waals surface area (Å²) in [6.45, 7) is 5.42. The van der Waals surface area contributed by atoms with E-state index in [1.54, 1.807) is 12.1 Å². The van der Waals surface area contributed by atoms with Gasteiger partial charge >= 0.3 is 6.03 Å². The molecule has 1 fully saturated rings. The van der Waals surface area contributed by atoms with Gasteiger partial charge in [-0.2, -0.15) is 0 Å². The molecule has 0 aliphatic carbocycles. The summed E-state index contributed by atoms with van der Waals surface area (Å²) in [5.74, 6) is 0.0507. The van der Waals surface area contributed by atoms with Crippen LogP contribution in [0.2, 0.25) is 5.02 Å². The summed E-state index contributed by atoms with van der Waals surface area (Å²) in [6.07, 6.45) is 0.770. The number of pyridine rings is 1. The maximum Gasteiger partial charge on any atom is 0.315 e. The number of nitrogens with one attached hydrogen (secondary N) is 2. The van der Waals surface area contributed by atoms with Crippen molar-refractivity contribution in [1.82, 2.24) is 25.4 Å². The predicted octanol–water partition coefficient (Wildman–Crippen LogP) is 3.22. The van der Waals surface area contributed by atoms with Crippen molar-refractivity contribution in [2.24, 2.45) is 0 Å². The lowest BCUT2D eigenvalue weighted by molar-refractivity contribution is 0.0302. The molecule has 9 heteroatoms. The number of rotatable bonds is 6. The van der Waals surface area contributed by atoms with Gasteiger partial charge in [-0.3, -0.25) is 14.7 Å². The Hall–Kier alpha value is -3.20. The molecule has 1 aromatic heterocycles. The van der Waals surface area contributed by atoms with Gasteiger partial charge in [0.25, 0.3) is 5.91 Å². The maximum absolute atomic E-state index is 13.7. The van der Waals surface area contributed by atoms with E-state index in [1.807, 2.05) is 41.3 Å². The topological polar surface area (TPSA) is 86.8 Å². The third kappa shape index (κ3) is 5.61. The molecular formula is C27H30ClN5O3. The Kier molecular flexibility index (Phi) is 7.65. The lowest BCUT2D eigenvalue weighted by Crippen LogP contribution is -2.43. The summed E-state index contributed by atoms with van der Waals surface area (Å²) in [7, 11) is 0. The number of amides is 3. The minimum absolute atomic E-state index is 0.0507. The summed E-state index contributed by atoms with van der Waals surface area (Å²) in [4.78, 5) is 35.0. The fourth-order valence-corrected chi connectivity index (χ4v) is 4.91. The van der Waals surface area contributed by atoms with E-state index in [-0.39, 0.29) is 11.9 Å². The highest BCUT2D eigenvalue weighted by Crippen LogP contribution is 2.29. The number of benzene rings is 2. The number of fused-ring (bicyclic) bond motifs is 2. The highest BCUT2D eigenvalue weighted by Gasteiger charge is 2.29. The number of morpholine rings is 1. The molecule has 188 valence electrons. The number of hydrogen-bond acceptors (Lipinski definition) is 5. The Morgan fingerprint density at radius 3 is 2.58 bits per heavy atom. The number of halogens is 1. The number of ether oxygens (including phenoxy) is 1. The molecule has 0 saturated carbocycles. The molecule has 1 saturated heterocycles. The van der Waals surface area contributed by atoms with Gasteiger partial charge in [-0.05, 0) is 23.8 Å². The number of carbonyl (C=O) groups is 2. The van der Waals surface area contributed by atoms with Crippen molar-refractivity contribution in [2.45, 2.75) is 19.5 Å². The van der Waals surface area contributed by atoms with Crippen molar-refractivity contribution in [1.29, 1.82) is 0 Å². The summed E-state index contributed by atoms with van der Waals surface area (Å²) < 4.78 is 5.45. The molecule has 2 N–H and O–H groups in total. The van der Waals surface area contributed by atoms with Gasteiger partial charge in [0, 0.05) is 73.9 Å². The van der Waals surface area contributed by atoms with Crippen molar-refractivity contribution >= 4 is 34.4 Å². The molecule has 0 radical (unpaired) electrons. The molecule has 2 aliphatic rings. The van der Waals surface area contributed by atoms with Crippen LogP contribution in [-0.2, 0) is 24.2 Å². The lowest BCUT2D eigenvalue weighted by atomic mass is 9.94. The van der Waals surface area contributed by atoms with E-state index in [0.29, 0.717) is 57.5 Å². The van der Waals surface area contributed by atoms with Gasteiger partial charge < -0.3 is 20.3 Å². The first-order chi connectivity index (χ1) is 17.6. The molecule has 5 rings (SSSR count). The second-order valence-electron chi connectivity index (χ2n) is 9.10. The molecule has 3 heterocycles. The fourth-order valence-electron chi connectivity index (χ4n) is 4.78. The van der Waals surface area contributed by atoms with E-state index in [9.17, 15) is 9.59 Å². The van der Waals surface area contributed by atoms with Crippen molar-refractivity contribution in [3.8, 4) is 0 Å². The maximum atomic E-state index is 13.7. The molecule has 0 atom stereocenters. The number of hydrogen-bond donors (Lipinski definition) is 2. The fraction of sp³-hybridized carbons (Fsp3) is 0.370. The second kappa shape index (κ2) is 11.2. The molecule has 2 aromatic carbocycles. The zero-order valence-corrected chi connectivity index (χ0v) is 20.9. The first-order valence-corrected chi connectivity index (χ1v) is 12.7. The third-order valence-electron chi connectivity index (χ3n) is 6.72. The van der Waals surface area contributed by atoms with Crippen LogP contribution in [0.15, 0.2) is 48.5 Å². The number of nitrogens with zero attached hydrogens (tertiary/aromatic N) is 3. The van der Waals surface area contributed by atoms with Gasteiger partial charge in [-0.1, -0.05) is 41.9 Å². The van der Waals surface area contributed by atoms with E-state index >= 15 is 0 Å². The quantitative estimate of drug-likeness (QED) is 0.535. The van der Waals surface area contributed by atoms with E-state index in [4.69, 9.17) is 21.3 Å². The lowest BCUT2D eigenvalue weighted by Gasteiger charge is -2.32. The molecule has 3 amide bonds. The highest BCUT2D eigenvalue weighted by molar-refractivity contribution is 6.30. The van der Waals surface area contributed by atoms with E-state index in [0.717, 1.165) is 46.3 Å². The molecule has 0 unspecified atom stereocenters. The van der Waals surface area contributed by atoms with Gasteiger partial charge in [0.15, 0.2) is 0 Å². The van der Waals surface area contributed by atoms with Crippen molar-refractivity contribution < 1.29 is 14.3 Å². The van der Waals surface area contributed by atoms with Crippen LogP contribution >= 0.6 is 11.6 Å². The minimum atomic E-state index is -0.210. The van der Waals surface area contributed by atoms with Crippen LogP contribution < -0.4 is 10.6 Å². The first kappa shape index (κ1) is 24.5. The van der Waals surface area contributed by atoms with Crippen molar-refractivity contribution in [3.63, 3.8) is 0 Å². The molecule has 0 spiro atoms. The Morgan fingerprint density at radius 2 is 1.78 bits per heavy atom. The molecule has 2 aliphatic heterocycles. The van der Waals surface area contributed by atoms with E-state index < -0.39 is 0 Å². The summed E-state index contributed by atoms with van der Waals surface area (Å²) in [5.41, 5.74) is 4.61. The van der Waals surface area contributed by atoms with Crippen LogP contribution in [0.25, 0.3) is 10.9 Å². The molecule has 0 bridgehead atoms. The Bertz CT molecular complexity index is 1240. The highest BCUT2D eigenvalue weighted by atomic mass is 35.5. The number of aromatic nitrogens is 1. The minimum Gasteiger partial charge on any atom is -0.378 e. The third-order valence-corrected chi connectivity index (χ3v) is 6.97. The Balaban J connectivity index is 1.24. The van der Waals surface area contributed by atoms with Gasteiger partial charge in [0.1, 0.15) is 0 Å². The molecule has 36 heavy (non-hydrogen) atoms. The predicted molar refractivity (Wildman–Crippen MR) is 139 cm³/mol. The summed E-state index contributed by atoms with van der Waals surface area (Å²) >= 11 is 5.91. The first-order valence-electron chi connectivity index (χ1n) is 12.3. The number of urea groups is 1. The van der Waals surface area contributed by atoms with Crippen LogP contribution in [0.4, 0.5) is 4.79 Å². The average molecular weight is 508 g/mol.